The van der Waals surface area contributed by atoms with Crippen LogP contribution < -0.4 is 22.1 Å². The van der Waals surface area contributed by atoms with Crippen LogP contribution in [0.15, 0.2) is 30.3 Å². The van der Waals surface area contributed by atoms with Crippen molar-refractivity contribution in [3.63, 3.8) is 0 Å². The van der Waals surface area contributed by atoms with E-state index >= 15 is 0 Å². The van der Waals surface area contributed by atoms with Crippen LogP contribution in [0.3, 0.4) is 0 Å². The van der Waals surface area contributed by atoms with E-state index in [2.05, 4.69) is 30.8 Å². The molecule has 1 aromatic carbocycles. The van der Waals surface area contributed by atoms with Gasteiger partial charge in [-0.2, -0.15) is 4.98 Å². The number of fused-ring (bicyclic) bond motifs is 1. The number of anilines is 3. The van der Waals surface area contributed by atoms with Crippen molar-refractivity contribution in [3.05, 3.63) is 41.7 Å². The van der Waals surface area contributed by atoms with Gasteiger partial charge in [0.15, 0.2) is 11.5 Å². The summed E-state index contributed by atoms with van der Waals surface area (Å²) in [6.07, 6.45) is 0. The number of rotatable bonds is 8. The second-order valence-electron chi connectivity index (χ2n) is 6.28. The third-order valence-electron chi connectivity index (χ3n) is 3.91. The molecule has 0 saturated heterocycles. The number of aryl methyl sites for hydroxylation is 1. The van der Waals surface area contributed by atoms with Crippen molar-refractivity contribution in [3.8, 4) is 0 Å². The maximum Gasteiger partial charge on any atom is 0.273 e. The van der Waals surface area contributed by atoms with Crippen molar-refractivity contribution in [2.75, 3.05) is 30.9 Å². The highest BCUT2D eigenvalue weighted by Gasteiger charge is 2.15. The fraction of sp³-hybridized carbons (Fsp3) is 0.278. The second kappa shape index (κ2) is 8.55. The first kappa shape index (κ1) is 19.4. The largest absolute Gasteiger partial charge is 0.383 e. The maximum atomic E-state index is 11.7. The molecule has 0 radical (unpaired) electrons. The van der Waals surface area contributed by atoms with E-state index in [0.717, 1.165) is 16.6 Å². The summed E-state index contributed by atoms with van der Waals surface area (Å²) in [6.45, 7) is 2.70. The fourth-order valence-corrected chi connectivity index (χ4v) is 2.59. The first-order chi connectivity index (χ1) is 13.5. The van der Waals surface area contributed by atoms with Gasteiger partial charge in [0, 0.05) is 36.5 Å². The lowest BCUT2D eigenvalue weighted by Crippen LogP contribution is -2.34. The third kappa shape index (κ3) is 4.67. The van der Waals surface area contributed by atoms with Crippen molar-refractivity contribution in [1.82, 2.24) is 20.2 Å². The van der Waals surface area contributed by atoms with E-state index < -0.39 is 5.91 Å². The van der Waals surface area contributed by atoms with Gasteiger partial charge in [-0.05, 0) is 31.2 Å². The van der Waals surface area contributed by atoms with Crippen LogP contribution in [0.4, 0.5) is 17.5 Å². The first-order valence-corrected chi connectivity index (χ1v) is 8.63. The van der Waals surface area contributed by atoms with Crippen LogP contribution in [0.5, 0.6) is 0 Å². The van der Waals surface area contributed by atoms with Crippen molar-refractivity contribution in [1.29, 1.82) is 0 Å². The minimum Gasteiger partial charge on any atom is -0.383 e. The first-order valence-electron chi connectivity index (χ1n) is 8.63. The molecule has 0 saturated carbocycles. The molecule has 0 aliphatic carbocycles. The van der Waals surface area contributed by atoms with Gasteiger partial charge in [0.25, 0.3) is 5.91 Å². The SMILES string of the molecule is COC[C@H](N)CNc1nnc(C(N)=O)c(Nc2ccc3nc(C)ccc3c2)n1. The number of nitrogens with one attached hydrogen (secondary N) is 2. The van der Waals surface area contributed by atoms with Crippen LogP contribution in [-0.2, 0) is 4.74 Å². The monoisotopic (exact) mass is 382 g/mol. The standard InChI is InChI=1S/C18H22N8O2/c1-10-3-4-11-7-13(5-6-14(11)22-10)23-17-15(16(20)27)25-26-18(24-17)21-8-12(19)9-28-2/h3-7,12H,8-9,19H2,1-2H3,(H2,20,27)(H2,21,23,24,26)/t12-/m1/s1. The molecule has 0 aliphatic heterocycles. The number of benzene rings is 1. The minimum absolute atomic E-state index is 0.0612. The molecule has 1 amide bonds. The summed E-state index contributed by atoms with van der Waals surface area (Å²) in [6, 6.07) is 9.28. The lowest BCUT2D eigenvalue weighted by molar-refractivity contribution is 0.0995. The van der Waals surface area contributed by atoms with Crippen molar-refractivity contribution < 1.29 is 9.53 Å². The molecule has 10 nitrogen and oxygen atoms in total. The van der Waals surface area contributed by atoms with Crippen molar-refractivity contribution >= 4 is 34.3 Å². The van der Waals surface area contributed by atoms with E-state index in [0.29, 0.717) is 18.8 Å². The Morgan fingerprint density at radius 2 is 2.04 bits per heavy atom. The van der Waals surface area contributed by atoms with Crippen LogP contribution >= 0.6 is 0 Å². The molecular weight excluding hydrogens is 360 g/mol. The number of hydrogen-bond donors (Lipinski definition) is 4. The molecule has 0 fully saturated rings. The number of carbonyl (C=O) groups is 1. The molecule has 0 unspecified atom stereocenters. The van der Waals surface area contributed by atoms with Crippen LogP contribution in [0.25, 0.3) is 10.9 Å². The fourth-order valence-electron chi connectivity index (χ4n) is 2.59. The van der Waals surface area contributed by atoms with E-state index in [9.17, 15) is 4.79 Å². The predicted molar refractivity (Wildman–Crippen MR) is 106 cm³/mol. The lowest BCUT2D eigenvalue weighted by atomic mass is 10.2. The van der Waals surface area contributed by atoms with E-state index in [4.69, 9.17) is 16.2 Å². The minimum atomic E-state index is -0.733. The molecule has 2 aromatic heterocycles. The molecule has 0 aliphatic rings. The molecule has 28 heavy (non-hydrogen) atoms. The Hall–Kier alpha value is -3.37. The molecule has 146 valence electrons. The van der Waals surface area contributed by atoms with Crippen molar-refractivity contribution in [2.24, 2.45) is 11.5 Å². The molecular formula is C18H22N8O2. The van der Waals surface area contributed by atoms with Gasteiger partial charge in [-0.25, -0.2) is 0 Å². The van der Waals surface area contributed by atoms with Gasteiger partial charge in [-0.15, -0.1) is 10.2 Å². The third-order valence-corrected chi connectivity index (χ3v) is 3.91. The summed E-state index contributed by atoms with van der Waals surface area (Å²) >= 11 is 0. The van der Waals surface area contributed by atoms with E-state index in [-0.39, 0.29) is 23.5 Å². The molecule has 10 heteroatoms. The van der Waals surface area contributed by atoms with E-state index in [1.807, 2.05) is 37.3 Å². The smallest absolute Gasteiger partial charge is 0.273 e. The molecule has 3 rings (SSSR count). The van der Waals surface area contributed by atoms with Crippen molar-refractivity contribution in [2.45, 2.75) is 13.0 Å². The zero-order chi connectivity index (χ0) is 20.1. The topological polar surface area (TPSA) is 154 Å². The van der Waals surface area contributed by atoms with Crippen LogP contribution in [0.2, 0.25) is 0 Å². The van der Waals surface area contributed by atoms with Gasteiger partial charge < -0.3 is 26.8 Å². The Labute approximate surface area is 161 Å². The number of nitrogens with two attached hydrogens (primary N) is 2. The van der Waals surface area contributed by atoms with Gasteiger partial charge >= 0.3 is 0 Å². The average Bonchev–Trinajstić information content (AvgIpc) is 2.66. The Morgan fingerprint density at radius 3 is 2.79 bits per heavy atom. The van der Waals surface area contributed by atoms with Gasteiger partial charge in [0.05, 0.1) is 12.1 Å². The zero-order valence-corrected chi connectivity index (χ0v) is 15.6. The van der Waals surface area contributed by atoms with Crippen LogP contribution in [-0.4, -0.2) is 52.4 Å². The maximum absolute atomic E-state index is 11.7. The summed E-state index contributed by atoms with van der Waals surface area (Å²) < 4.78 is 4.99. The Kier molecular flexibility index (Phi) is 5.92. The van der Waals surface area contributed by atoms with Crippen LogP contribution in [0.1, 0.15) is 16.2 Å². The van der Waals surface area contributed by atoms with Crippen LogP contribution in [0, 0.1) is 6.92 Å². The summed E-state index contributed by atoms with van der Waals surface area (Å²) in [7, 11) is 1.57. The Morgan fingerprint density at radius 1 is 1.21 bits per heavy atom. The summed E-state index contributed by atoms with van der Waals surface area (Å²) in [5.74, 6) is -0.315. The average molecular weight is 382 g/mol. The molecule has 2 heterocycles. The Balaban J connectivity index is 1.85. The van der Waals surface area contributed by atoms with E-state index in [1.165, 1.54) is 0 Å². The molecule has 1 atom stereocenters. The highest BCUT2D eigenvalue weighted by Crippen LogP contribution is 2.22. The number of amides is 1. The summed E-state index contributed by atoms with van der Waals surface area (Å²) in [4.78, 5) is 20.5. The molecule has 6 N–H and O–H groups in total. The normalized spacial score (nSPS) is 12.0. The summed E-state index contributed by atoms with van der Waals surface area (Å²) in [5, 5.41) is 14.7. The lowest BCUT2D eigenvalue weighted by Gasteiger charge is -2.13. The number of ether oxygens (including phenoxy) is 1. The second-order valence-corrected chi connectivity index (χ2v) is 6.28. The van der Waals surface area contributed by atoms with Gasteiger partial charge in [0.1, 0.15) is 0 Å². The number of aromatic nitrogens is 4. The number of hydrogen-bond acceptors (Lipinski definition) is 9. The number of primary amides is 1. The molecule has 3 aromatic rings. The highest BCUT2D eigenvalue weighted by atomic mass is 16.5. The Bertz CT molecular complexity index is 994. The molecule has 0 spiro atoms. The van der Waals surface area contributed by atoms with Gasteiger partial charge in [-0.3, -0.25) is 9.78 Å². The molecule has 0 bridgehead atoms. The number of pyridine rings is 1. The van der Waals surface area contributed by atoms with E-state index in [1.54, 1.807) is 7.11 Å². The van der Waals surface area contributed by atoms with Gasteiger partial charge in [0.2, 0.25) is 5.95 Å². The number of carbonyl (C=O) groups excluding carboxylic acids is 1. The predicted octanol–water partition coefficient (Wildman–Crippen LogP) is 0.956. The summed E-state index contributed by atoms with van der Waals surface area (Å²) in [5.41, 5.74) is 13.7. The van der Waals surface area contributed by atoms with Gasteiger partial charge in [-0.1, -0.05) is 6.07 Å². The number of nitrogens with zero attached hydrogens (tertiary/aromatic N) is 4. The number of methoxy groups -OCH3 is 1. The zero-order valence-electron chi connectivity index (χ0n) is 15.6. The quantitative estimate of drug-likeness (QED) is 0.446. The highest BCUT2D eigenvalue weighted by molar-refractivity contribution is 5.96.